The number of benzene rings is 1. The van der Waals surface area contributed by atoms with Crippen molar-refractivity contribution in [1.29, 1.82) is 5.26 Å². The molecule has 0 radical (unpaired) electrons. The van der Waals surface area contributed by atoms with Crippen molar-refractivity contribution in [3.8, 4) is 6.07 Å². The molecule has 1 rings (SSSR count). The molecule has 2 N–H and O–H groups in total. The lowest BCUT2D eigenvalue weighted by atomic mass is 10.0. The highest BCUT2D eigenvalue weighted by molar-refractivity contribution is 5.64. The van der Waals surface area contributed by atoms with Crippen molar-refractivity contribution >= 4 is 12.0 Å². The van der Waals surface area contributed by atoms with Gasteiger partial charge in [-0.2, -0.15) is 5.26 Å². The molecular formula is C10H10N2O. The minimum absolute atomic E-state index is 0.171. The van der Waals surface area contributed by atoms with Crippen molar-refractivity contribution in [2.75, 3.05) is 5.73 Å². The molecule has 3 nitrogen and oxygen atoms in total. The summed E-state index contributed by atoms with van der Waals surface area (Å²) in [5.74, 6) is -0.171. The largest absolute Gasteiger partial charge is 0.398 e. The van der Waals surface area contributed by atoms with Crippen LogP contribution in [0.1, 0.15) is 24.0 Å². The lowest BCUT2D eigenvalue weighted by Crippen LogP contribution is -1.97. The number of nitriles is 1. The first-order chi connectivity index (χ1) is 6.19. The zero-order valence-corrected chi connectivity index (χ0v) is 7.32. The summed E-state index contributed by atoms with van der Waals surface area (Å²) in [5, 5.41) is 8.61. The van der Waals surface area contributed by atoms with E-state index in [1.165, 1.54) is 0 Å². The zero-order valence-electron chi connectivity index (χ0n) is 7.32. The zero-order chi connectivity index (χ0) is 9.84. The van der Waals surface area contributed by atoms with E-state index in [4.69, 9.17) is 11.0 Å². The third kappa shape index (κ3) is 1.85. The maximum Gasteiger partial charge on any atom is 0.127 e. The molecule has 1 aromatic rings. The van der Waals surface area contributed by atoms with Gasteiger partial charge in [0.2, 0.25) is 0 Å². The third-order valence-electron chi connectivity index (χ3n) is 1.93. The summed E-state index contributed by atoms with van der Waals surface area (Å²) < 4.78 is 0. The number of anilines is 1. The lowest BCUT2D eigenvalue weighted by Gasteiger charge is -2.05. The second-order valence-corrected chi connectivity index (χ2v) is 2.88. The van der Waals surface area contributed by atoms with Gasteiger partial charge in [0.1, 0.15) is 12.4 Å². The Hall–Kier alpha value is -1.82. The molecule has 1 unspecified atom stereocenters. The van der Waals surface area contributed by atoms with Crippen LogP contribution in [0.25, 0.3) is 0 Å². The molecule has 0 fully saturated rings. The van der Waals surface area contributed by atoms with Crippen LogP contribution in [0, 0.1) is 11.3 Å². The second kappa shape index (κ2) is 3.72. The van der Waals surface area contributed by atoms with E-state index in [2.05, 4.69) is 0 Å². The number of rotatable bonds is 2. The van der Waals surface area contributed by atoms with E-state index >= 15 is 0 Å². The molecule has 0 spiro atoms. The third-order valence-corrected chi connectivity index (χ3v) is 1.93. The van der Waals surface area contributed by atoms with Crippen LogP contribution in [-0.4, -0.2) is 6.29 Å². The van der Waals surface area contributed by atoms with Crippen molar-refractivity contribution < 1.29 is 4.79 Å². The summed E-state index contributed by atoms with van der Waals surface area (Å²) in [4.78, 5) is 10.5. The van der Waals surface area contributed by atoms with Gasteiger partial charge < -0.3 is 10.5 Å². The molecule has 0 aromatic heterocycles. The molecule has 0 aliphatic carbocycles. The van der Waals surface area contributed by atoms with Crippen LogP contribution in [-0.2, 0) is 4.79 Å². The highest BCUT2D eigenvalue weighted by Crippen LogP contribution is 2.18. The van der Waals surface area contributed by atoms with Gasteiger partial charge in [0.15, 0.2) is 0 Å². The Balaban J connectivity index is 3.11. The highest BCUT2D eigenvalue weighted by atomic mass is 16.1. The summed E-state index contributed by atoms with van der Waals surface area (Å²) in [6.45, 7) is 1.79. The number of nitrogens with zero attached hydrogens (tertiary/aromatic N) is 1. The Morgan fingerprint density at radius 2 is 2.31 bits per heavy atom. The highest BCUT2D eigenvalue weighted by Gasteiger charge is 2.05. The molecule has 13 heavy (non-hydrogen) atoms. The van der Waals surface area contributed by atoms with Crippen LogP contribution in [0.15, 0.2) is 18.2 Å². The molecule has 1 atom stereocenters. The minimum atomic E-state index is -0.171. The first-order valence-electron chi connectivity index (χ1n) is 3.94. The van der Waals surface area contributed by atoms with E-state index in [-0.39, 0.29) is 5.92 Å². The van der Waals surface area contributed by atoms with E-state index in [1.54, 1.807) is 25.1 Å². The minimum Gasteiger partial charge on any atom is -0.398 e. The molecule has 0 aliphatic rings. The van der Waals surface area contributed by atoms with Gasteiger partial charge in [-0.15, -0.1) is 0 Å². The Bertz CT molecular complexity index is 366. The van der Waals surface area contributed by atoms with Gasteiger partial charge >= 0.3 is 0 Å². The van der Waals surface area contributed by atoms with Crippen LogP contribution in [0.3, 0.4) is 0 Å². The fraction of sp³-hybridized carbons (Fsp3) is 0.200. The Labute approximate surface area is 76.8 Å². The Kier molecular flexibility index (Phi) is 2.65. The standard InChI is InChI=1S/C10H10N2O/c1-7(6-13)8-2-3-9(5-11)10(12)4-8/h2-4,6-7H,12H2,1H3. The Morgan fingerprint density at radius 1 is 1.62 bits per heavy atom. The number of aldehydes is 1. The number of hydrogen-bond donors (Lipinski definition) is 1. The van der Waals surface area contributed by atoms with Crippen molar-refractivity contribution in [1.82, 2.24) is 0 Å². The first-order valence-corrected chi connectivity index (χ1v) is 3.94. The van der Waals surface area contributed by atoms with E-state index in [0.717, 1.165) is 11.8 Å². The van der Waals surface area contributed by atoms with Crippen LogP contribution in [0.2, 0.25) is 0 Å². The van der Waals surface area contributed by atoms with E-state index in [9.17, 15) is 4.79 Å². The van der Waals surface area contributed by atoms with Crippen molar-refractivity contribution in [3.05, 3.63) is 29.3 Å². The van der Waals surface area contributed by atoms with Gasteiger partial charge in [-0.05, 0) is 17.7 Å². The predicted octanol–water partition coefficient (Wildman–Crippen LogP) is 1.44. The average molecular weight is 174 g/mol. The summed E-state index contributed by atoms with van der Waals surface area (Å²) in [6, 6.07) is 7.00. The molecule has 0 saturated carbocycles. The Morgan fingerprint density at radius 3 is 2.77 bits per heavy atom. The number of nitrogen functional groups attached to an aromatic ring is 1. The first kappa shape index (κ1) is 9.27. The number of carbonyl (C=O) groups excluding carboxylic acids is 1. The van der Waals surface area contributed by atoms with Gasteiger partial charge in [0, 0.05) is 11.6 Å². The summed E-state index contributed by atoms with van der Waals surface area (Å²) in [5.41, 5.74) is 7.30. The van der Waals surface area contributed by atoms with Crippen LogP contribution < -0.4 is 5.73 Å². The molecule has 0 bridgehead atoms. The molecule has 0 amide bonds. The predicted molar refractivity (Wildman–Crippen MR) is 50.0 cm³/mol. The molecule has 3 heteroatoms. The molecule has 0 heterocycles. The van der Waals surface area contributed by atoms with Gasteiger partial charge in [-0.3, -0.25) is 0 Å². The van der Waals surface area contributed by atoms with Crippen molar-refractivity contribution in [2.45, 2.75) is 12.8 Å². The number of carbonyl (C=O) groups is 1. The molecular weight excluding hydrogens is 164 g/mol. The average Bonchev–Trinajstić information content (AvgIpc) is 2.16. The van der Waals surface area contributed by atoms with E-state index in [1.807, 2.05) is 6.07 Å². The smallest absolute Gasteiger partial charge is 0.127 e. The molecule has 0 aliphatic heterocycles. The van der Waals surface area contributed by atoms with Crippen molar-refractivity contribution in [2.24, 2.45) is 0 Å². The van der Waals surface area contributed by atoms with E-state index < -0.39 is 0 Å². The normalized spacial score (nSPS) is 11.7. The summed E-state index contributed by atoms with van der Waals surface area (Å²) >= 11 is 0. The molecule has 1 aromatic carbocycles. The fourth-order valence-corrected chi connectivity index (χ4v) is 1.04. The number of hydrogen-bond acceptors (Lipinski definition) is 3. The van der Waals surface area contributed by atoms with Gasteiger partial charge in [0.05, 0.1) is 5.56 Å². The topological polar surface area (TPSA) is 66.9 Å². The van der Waals surface area contributed by atoms with Crippen molar-refractivity contribution in [3.63, 3.8) is 0 Å². The van der Waals surface area contributed by atoms with Gasteiger partial charge in [0.25, 0.3) is 0 Å². The number of nitrogens with two attached hydrogens (primary N) is 1. The SMILES string of the molecule is CC(C=O)c1ccc(C#N)c(N)c1. The maximum absolute atomic E-state index is 10.5. The van der Waals surface area contributed by atoms with Crippen LogP contribution >= 0.6 is 0 Å². The summed E-state index contributed by atoms with van der Waals surface area (Å²) in [6.07, 6.45) is 0.848. The fourth-order valence-electron chi connectivity index (χ4n) is 1.04. The summed E-state index contributed by atoms with van der Waals surface area (Å²) in [7, 11) is 0. The second-order valence-electron chi connectivity index (χ2n) is 2.88. The maximum atomic E-state index is 10.5. The van der Waals surface area contributed by atoms with Gasteiger partial charge in [-0.25, -0.2) is 0 Å². The molecule has 66 valence electrons. The van der Waals surface area contributed by atoms with Crippen LogP contribution in [0.5, 0.6) is 0 Å². The monoisotopic (exact) mass is 174 g/mol. The van der Waals surface area contributed by atoms with E-state index in [0.29, 0.717) is 11.3 Å². The van der Waals surface area contributed by atoms with Crippen LogP contribution in [0.4, 0.5) is 5.69 Å². The lowest BCUT2D eigenvalue weighted by molar-refractivity contribution is -0.108. The van der Waals surface area contributed by atoms with Gasteiger partial charge in [-0.1, -0.05) is 13.0 Å². The quantitative estimate of drug-likeness (QED) is 0.545. The molecule has 0 saturated heterocycles.